The van der Waals surface area contributed by atoms with E-state index in [2.05, 4.69) is 5.32 Å². The molecular formula is C19H22N2O3. The number of para-hydroxylation sites is 1. The van der Waals surface area contributed by atoms with Crippen molar-refractivity contribution in [2.75, 3.05) is 23.9 Å². The van der Waals surface area contributed by atoms with E-state index in [1.54, 1.807) is 31.4 Å². The number of hydrogen-bond acceptors (Lipinski definition) is 3. The molecule has 0 bridgehead atoms. The second-order valence-corrected chi connectivity index (χ2v) is 5.62. The first kappa shape index (κ1) is 17.5. The van der Waals surface area contributed by atoms with E-state index in [9.17, 15) is 9.59 Å². The van der Waals surface area contributed by atoms with Gasteiger partial charge in [0.2, 0.25) is 11.8 Å². The number of nitrogens with zero attached hydrogens (tertiary/aromatic N) is 1. The molecule has 0 aliphatic carbocycles. The molecule has 2 rings (SSSR count). The predicted molar refractivity (Wildman–Crippen MR) is 95.6 cm³/mol. The van der Waals surface area contributed by atoms with Crippen LogP contribution in [0.2, 0.25) is 0 Å². The van der Waals surface area contributed by atoms with E-state index < -0.39 is 0 Å². The average molecular weight is 326 g/mol. The summed E-state index contributed by atoms with van der Waals surface area (Å²) >= 11 is 0. The lowest BCUT2D eigenvalue weighted by Crippen LogP contribution is -2.36. The average Bonchev–Trinajstić information content (AvgIpc) is 2.56. The van der Waals surface area contributed by atoms with Gasteiger partial charge in [-0.05, 0) is 37.1 Å². The Morgan fingerprint density at radius 3 is 2.29 bits per heavy atom. The number of benzene rings is 2. The predicted octanol–water partition coefficient (Wildman–Crippen LogP) is 3.30. The third-order valence-electron chi connectivity index (χ3n) is 3.79. The van der Waals surface area contributed by atoms with Gasteiger partial charge in [-0.25, -0.2) is 0 Å². The summed E-state index contributed by atoms with van der Waals surface area (Å²) in [6.07, 6.45) is 0. The van der Waals surface area contributed by atoms with E-state index in [0.29, 0.717) is 11.4 Å². The molecule has 0 aromatic heterocycles. The molecule has 0 saturated carbocycles. The van der Waals surface area contributed by atoms with Crippen LogP contribution in [-0.4, -0.2) is 25.5 Å². The van der Waals surface area contributed by atoms with Gasteiger partial charge in [0.15, 0.2) is 0 Å². The second-order valence-electron chi connectivity index (χ2n) is 5.62. The van der Waals surface area contributed by atoms with Crippen molar-refractivity contribution in [3.63, 3.8) is 0 Å². The van der Waals surface area contributed by atoms with E-state index in [0.717, 1.165) is 16.8 Å². The summed E-state index contributed by atoms with van der Waals surface area (Å²) in [5.41, 5.74) is 3.38. The number of ether oxygens (including phenoxy) is 1. The maximum Gasteiger partial charge on any atom is 0.244 e. The van der Waals surface area contributed by atoms with Gasteiger partial charge < -0.3 is 15.0 Å². The summed E-state index contributed by atoms with van der Waals surface area (Å²) in [7, 11) is 1.56. The van der Waals surface area contributed by atoms with Crippen LogP contribution in [0.5, 0.6) is 5.75 Å². The Labute approximate surface area is 142 Å². The molecule has 0 saturated heterocycles. The van der Waals surface area contributed by atoms with Crippen molar-refractivity contribution in [2.45, 2.75) is 20.8 Å². The molecule has 24 heavy (non-hydrogen) atoms. The maximum absolute atomic E-state index is 12.4. The first-order valence-electron chi connectivity index (χ1n) is 7.70. The minimum atomic E-state index is -0.245. The van der Waals surface area contributed by atoms with Gasteiger partial charge in [-0.3, -0.25) is 9.59 Å². The maximum atomic E-state index is 12.4. The number of nitrogens with one attached hydrogen (secondary N) is 1. The summed E-state index contributed by atoms with van der Waals surface area (Å²) in [6, 6.07) is 12.9. The molecule has 126 valence electrons. The minimum absolute atomic E-state index is 0.0593. The molecule has 0 aliphatic rings. The highest BCUT2D eigenvalue weighted by atomic mass is 16.5. The summed E-state index contributed by atoms with van der Waals surface area (Å²) < 4.78 is 5.18. The molecule has 0 unspecified atom stereocenters. The highest BCUT2D eigenvalue weighted by Crippen LogP contribution is 2.22. The van der Waals surface area contributed by atoms with E-state index in [4.69, 9.17) is 4.74 Å². The number of carbonyl (C=O) groups excluding carboxylic acids is 2. The summed E-state index contributed by atoms with van der Waals surface area (Å²) in [4.78, 5) is 25.8. The second kappa shape index (κ2) is 7.64. The fourth-order valence-corrected chi connectivity index (χ4v) is 2.50. The molecule has 2 aromatic rings. The number of anilines is 2. The van der Waals surface area contributed by atoms with Crippen LogP contribution in [0.4, 0.5) is 11.4 Å². The van der Waals surface area contributed by atoms with Crippen LogP contribution in [0.3, 0.4) is 0 Å². The number of methoxy groups -OCH3 is 1. The van der Waals surface area contributed by atoms with Crippen LogP contribution in [0.25, 0.3) is 0 Å². The van der Waals surface area contributed by atoms with Gasteiger partial charge in [-0.1, -0.05) is 24.3 Å². The molecule has 5 heteroatoms. The molecule has 0 spiro atoms. The normalized spacial score (nSPS) is 10.2. The summed E-state index contributed by atoms with van der Waals surface area (Å²) in [6.45, 7) is 5.25. The Kier molecular flexibility index (Phi) is 5.58. The van der Waals surface area contributed by atoms with Crippen molar-refractivity contribution < 1.29 is 14.3 Å². The molecule has 0 heterocycles. The van der Waals surface area contributed by atoms with Gasteiger partial charge in [-0.2, -0.15) is 0 Å². The third-order valence-corrected chi connectivity index (χ3v) is 3.79. The SMILES string of the molecule is COc1cccc(N(CC(=O)Nc2c(C)cccc2C)C(C)=O)c1. The topological polar surface area (TPSA) is 58.6 Å². The Morgan fingerprint density at radius 2 is 1.71 bits per heavy atom. The van der Waals surface area contributed by atoms with Crippen molar-refractivity contribution in [3.05, 3.63) is 53.6 Å². The number of rotatable bonds is 5. The minimum Gasteiger partial charge on any atom is -0.497 e. The number of aryl methyl sites for hydroxylation is 2. The lowest BCUT2D eigenvalue weighted by molar-refractivity contribution is -0.120. The quantitative estimate of drug-likeness (QED) is 0.917. The first-order chi connectivity index (χ1) is 11.4. The smallest absolute Gasteiger partial charge is 0.244 e. The molecule has 2 amide bonds. The zero-order valence-corrected chi connectivity index (χ0v) is 14.4. The van der Waals surface area contributed by atoms with Crippen molar-refractivity contribution in [1.29, 1.82) is 0 Å². The zero-order valence-electron chi connectivity index (χ0n) is 14.4. The van der Waals surface area contributed by atoms with Gasteiger partial charge in [0, 0.05) is 24.4 Å². The van der Waals surface area contributed by atoms with Gasteiger partial charge in [0.05, 0.1) is 7.11 Å². The molecule has 0 fully saturated rings. The van der Waals surface area contributed by atoms with E-state index in [-0.39, 0.29) is 18.4 Å². The van der Waals surface area contributed by atoms with Crippen LogP contribution in [0.1, 0.15) is 18.1 Å². The summed E-state index contributed by atoms with van der Waals surface area (Å²) in [5, 5.41) is 2.90. The largest absolute Gasteiger partial charge is 0.497 e. The molecule has 0 aliphatic heterocycles. The standard InChI is InChI=1S/C19H22N2O3/c1-13-7-5-8-14(2)19(13)20-18(23)12-21(15(3)22)16-9-6-10-17(11-16)24-4/h5-11H,12H2,1-4H3,(H,20,23). The highest BCUT2D eigenvalue weighted by Gasteiger charge is 2.17. The molecule has 5 nitrogen and oxygen atoms in total. The molecule has 0 radical (unpaired) electrons. The van der Waals surface area contributed by atoms with E-state index in [1.807, 2.05) is 32.0 Å². The Morgan fingerprint density at radius 1 is 1.08 bits per heavy atom. The molecule has 1 N–H and O–H groups in total. The molecular weight excluding hydrogens is 304 g/mol. The van der Waals surface area contributed by atoms with Crippen LogP contribution >= 0.6 is 0 Å². The van der Waals surface area contributed by atoms with Crippen LogP contribution in [-0.2, 0) is 9.59 Å². The monoisotopic (exact) mass is 326 g/mol. The van der Waals surface area contributed by atoms with Crippen LogP contribution in [0.15, 0.2) is 42.5 Å². The van der Waals surface area contributed by atoms with Crippen molar-refractivity contribution in [2.24, 2.45) is 0 Å². The number of hydrogen-bond donors (Lipinski definition) is 1. The summed E-state index contributed by atoms with van der Waals surface area (Å²) in [5.74, 6) is 0.180. The van der Waals surface area contributed by atoms with Gasteiger partial charge in [-0.15, -0.1) is 0 Å². The highest BCUT2D eigenvalue weighted by molar-refractivity contribution is 6.02. The molecule has 0 atom stereocenters. The van der Waals surface area contributed by atoms with Crippen LogP contribution in [0, 0.1) is 13.8 Å². The van der Waals surface area contributed by atoms with Gasteiger partial charge >= 0.3 is 0 Å². The lowest BCUT2D eigenvalue weighted by Gasteiger charge is -2.22. The Balaban J connectivity index is 2.18. The van der Waals surface area contributed by atoms with Crippen molar-refractivity contribution in [1.82, 2.24) is 0 Å². The third kappa shape index (κ3) is 4.13. The van der Waals surface area contributed by atoms with E-state index in [1.165, 1.54) is 11.8 Å². The number of amides is 2. The zero-order chi connectivity index (χ0) is 17.7. The van der Waals surface area contributed by atoms with Crippen LogP contribution < -0.4 is 15.0 Å². The number of carbonyl (C=O) groups is 2. The fourth-order valence-electron chi connectivity index (χ4n) is 2.50. The Bertz CT molecular complexity index is 736. The fraction of sp³-hybridized carbons (Fsp3) is 0.263. The first-order valence-corrected chi connectivity index (χ1v) is 7.70. The Hall–Kier alpha value is -2.82. The van der Waals surface area contributed by atoms with Crippen molar-refractivity contribution >= 4 is 23.2 Å². The van der Waals surface area contributed by atoms with Gasteiger partial charge in [0.25, 0.3) is 0 Å². The van der Waals surface area contributed by atoms with Crippen molar-refractivity contribution in [3.8, 4) is 5.75 Å². The lowest BCUT2D eigenvalue weighted by atomic mass is 10.1. The molecule has 2 aromatic carbocycles. The van der Waals surface area contributed by atoms with E-state index >= 15 is 0 Å². The van der Waals surface area contributed by atoms with Gasteiger partial charge in [0.1, 0.15) is 12.3 Å².